The zero-order valence-corrected chi connectivity index (χ0v) is 15.2. The fourth-order valence-electron chi connectivity index (χ4n) is 3.08. The van der Waals surface area contributed by atoms with Gasteiger partial charge in [-0.3, -0.25) is 14.4 Å². The number of ether oxygens (including phenoxy) is 1. The van der Waals surface area contributed by atoms with Gasteiger partial charge >= 0.3 is 0 Å². The van der Waals surface area contributed by atoms with Crippen molar-refractivity contribution < 1.29 is 14.3 Å². The average molecular weight is 369 g/mol. The minimum absolute atomic E-state index is 0.0547. The predicted molar refractivity (Wildman–Crippen MR) is 101 cm³/mol. The molecule has 0 saturated carbocycles. The highest BCUT2D eigenvalue weighted by molar-refractivity contribution is 5.99. The van der Waals surface area contributed by atoms with Gasteiger partial charge in [0.2, 0.25) is 0 Å². The number of carbonyl (C=O) groups is 2. The summed E-state index contributed by atoms with van der Waals surface area (Å²) in [5, 5.41) is 5.38. The Labute approximate surface area is 157 Å². The van der Waals surface area contributed by atoms with E-state index in [4.69, 9.17) is 4.74 Å². The largest absolute Gasteiger partial charge is 0.379 e. The molecule has 1 unspecified atom stereocenters. The first kappa shape index (κ1) is 18.8. The first-order valence-corrected chi connectivity index (χ1v) is 8.97. The average Bonchev–Trinajstić information content (AvgIpc) is 2.70. The van der Waals surface area contributed by atoms with Gasteiger partial charge in [0.25, 0.3) is 17.4 Å². The summed E-state index contributed by atoms with van der Waals surface area (Å²) in [4.78, 5) is 37.5. The number of hydrogen-bond acceptors (Lipinski definition) is 4. The standard InChI is InChI=1S/C20H23N3O4/c1-21-19(25)17-10-15(18(24)22-16-8-5-9-27-13-16)12-23(20(17)26)11-14-6-3-2-4-7-14/h2-4,6-7,10,12,16H,5,8-9,11,13H2,1H3,(H,21,25)(H,22,24). The van der Waals surface area contributed by atoms with Crippen molar-refractivity contribution in [3.63, 3.8) is 0 Å². The summed E-state index contributed by atoms with van der Waals surface area (Å²) in [5.74, 6) is -0.838. The highest BCUT2D eigenvalue weighted by Gasteiger charge is 2.20. The highest BCUT2D eigenvalue weighted by Crippen LogP contribution is 2.09. The van der Waals surface area contributed by atoms with Gasteiger partial charge in [0, 0.05) is 19.9 Å². The Hall–Kier alpha value is -2.93. The number of benzene rings is 1. The molecule has 142 valence electrons. The second kappa shape index (κ2) is 8.64. The van der Waals surface area contributed by atoms with Gasteiger partial charge in [-0.2, -0.15) is 0 Å². The molecule has 1 fully saturated rings. The van der Waals surface area contributed by atoms with E-state index in [9.17, 15) is 14.4 Å². The lowest BCUT2D eigenvalue weighted by Crippen LogP contribution is -2.41. The van der Waals surface area contributed by atoms with Gasteiger partial charge in [-0.25, -0.2) is 0 Å². The molecule has 3 rings (SSSR count). The molecule has 2 heterocycles. The van der Waals surface area contributed by atoms with E-state index >= 15 is 0 Å². The topological polar surface area (TPSA) is 89.4 Å². The van der Waals surface area contributed by atoms with Crippen LogP contribution >= 0.6 is 0 Å². The van der Waals surface area contributed by atoms with Gasteiger partial charge in [0.1, 0.15) is 5.56 Å². The van der Waals surface area contributed by atoms with E-state index in [2.05, 4.69) is 10.6 Å². The summed E-state index contributed by atoms with van der Waals surface area (Å²) in [7, 11) is 1.45. The van der Waals surface area contributed by atoms with Crippen LogP contribution in [0.1, 0.15) is 39.1 Å². The fraction of sp³-hybridized carbons (Fsp3) is 0.350. The number of nitrogens with one attached hydrogen (secondary N) is 2. The lowest BCUT2D eigenvalue weighted by atomic mass is 10.1. The molecule has 27 heavy (non-hydrogen) atoms. The molecule has 1 aromatic heterocycles. The maximum atomic E-state index is 12.7. The molecule has 1 aliphatic rings. The van der Waals surface area contributed by atoms with Crippen LogP contribution in [-0.4, -0.2) is 42.7 Å². The van der Waals surface area contributed by atoms with Crippen molar-refractivity contribution in [1.82, 2.24) is 15.2 Å². The van der Waals surface area contributed by atoms with E-state index in [0.29, 0.717) is 13.2 Å². The third-order valence-corrected chi connectivity index (χ3v) is 4.51. The Balaban J connectivity index is 1.92. The van der Waals surface area contributed by atoms with Gasteiger partial charge < -0.3 is 19.9 Å². The van der Waals surface area contributed by atoms with Gasteiger partial charge in [-0.15, -0.1) is 0 Å². The maximum absolute atomic E-state index is 12.7. The maximum Gasteiger partial charge on any atom is 0.263 e. The second-order valence-electron chi connectivity index (χ2n) is 6.53. The van der Waals surface area contributed by atoms with Crippen molar-refractivity contribution in [1.29, 1.82) is 0 Å². The van der Waals surface area contributed by atoms with Crippen molar-refractivity contribution in [2.24, 2.45) is 0 Å². The molecule has 2 amide bonds. The van der Waals surface area contributed by atoms with E-state index in [1.165, 1.54) is 23.9 Å². The minimum atomic E-state index is -0.516. The first-order valence-electron chi connectivity index (χ1n) is 8.97. The molecule has 7 nitrogen and oxygen atoms in total. The van der Waals surface area contributed by atoms with Gasteiger partial charge in [0.05, 0.1) is 24.8 Å². The van der Waals surface area contributed by atoms with E-state index in [0.717, 1.165) is 18.4 Å². The lowest BCUT2D eigenvalue weighted by molar-refractivity contribution is 0.0623. The normalized spacial score (nSPS) is 16.6. The monoisotopic (exact) mass is 369 g/mol. The van der Waals surface area contributed by atoms with Crippen LogP contribution in [0, 0.1) is 0 Å². The number of pyridine rings is 1. The molecule has 0 spiro atoms. The summed E-state index contributed by atoms with van der Waals surface area (Å²) in [6, 6.07) is 10.7. The van der Waals surface area contributed by atoms with E-state index in [1.54, 1.807) is 0 Å². The summed E-state index contributed by atoms with van der Waals surface area (Å²) in [6.07, 6.45) is 3.24. The second-order valence-corrected chi connectivity index (χ2v) is 6.53. The zero-order chi connectivity index (χ0) is 19.2. The molecule has 1 aromatic carbocycles. The van der Waals surface area contributed by atoms with Crippen LogP contribution in [-0.2, 0) is 11.3 Å². The van der Waals surface area contributed by atoms with Gasteiger partial charge in [0.15, 0.2) is 0 Å². The predicted octanol–water partition coefficient (Wildman–Crippen LogP) is 1.16. The summed E-state index contributed by atoms with van der Waals surface area (Å²) >= 11 is 0. The molecule has 1 aliphatic heterocycles. The molecule has 0 radical (unpaired) electrons. The number of aromatic nitrogens is 1. The molecule has 7 heteroatoms. The van der Waals surface area contributed by atoms with Crippen LogP contribution in [0.2, 0.25) is 0 Å². The van der Waals surface area contributed by atoms with Crippen molar-refractivity contribution in [3.05, 3.63) is 69.6 Å². The first-order chi connectivity index (χ1) is 13.1. The Kier molecular flexibility index (Phi) is 6.03. The van der Waals surface area contributed by atoms with Crippen LogP contribution in [0.25, 0.3) is 0 Å². The summed E-state index contributed by atoms with van der Waals surface area (Å²) in [5.41, 5.74) is 0.687. The summed E-state index contributed by atoms with van der Waals surface area (Å²) in [6.45, 7) is 1.45. The van der Waals surface area contributed by atoms with Crippen LogP contribution in [0.5, 0.6) is 0 Å². The highest BCUT2D eigenvalue weighted by atomic mass is 16.5. The third kappa shape index (κ3) is 4.62. The quantitative estimate of drug-likeness (QED) is 0.828. The minimum Gasteiger partial charge on any atom is -0.379 e. The Morgan fingerprint density at radius 2 is 2.00 bits per heavy atom. The molecule has 1 atom stereocenters. The van der Waals surface area contributed by atoms with Crippen LogP contribution in [0.4, 0.5) is 0 Å². The van der Waals surface area contributed by atoms with Crippen molar-refractivity contribution in [3.8, 4) is 0 Å². The number of nitrogens with zero attached hydrogens (tertiary/aromatic N) is 1. The van der Waals surface area contributed by atoms with Crippen molar-refractivity contribution in [2.45, 2.75) is 25.4 Å². The molecule has 2 aromatic rings. The van der Waals surface area contributed by atoms with E-state index in [1.807, 2.05) is 30.3 Å². The van der Waals surface area contributed by atoms with Gasteiger partial charge in [-0.1, -0.05) is 30.3 Å². The van der Waals surface area contributed by atoms with Crippen LogP contribution in [0.3, 0.4) is 0 Å². The number of amides is 2. The zero-order valence-electron chi connectivity index (χ0n) is 15.2. The molecule has 2 N–H and O–H groups in total. The SMILES string of the molecule is CNC(=O)c1cc(C(=O)NC2CCCOC2)cn(Cc2ccccc2)c1=O. The molecular weight excluding hydrogens is 346 g/mol. The van der Waals surface area contributed by atoms with Gasteiger partial charge in [-0.05, 0) is 24.5 Å². The molecule has 0 bridgehead atoms. The molecule has 0 aliphatic carbocycles. The van der Waals surface area contributed by atoms with E-state index in [-0.39, 0.29) is 29.6 Å². The Morgan fingerprint density at radius 3 is 2.67 bits per heavy atom. The molecular formula is C20H23N3O4. The molecule has 1 saturated heterocycles. The van der Waals surface area contributed by atoms with Crippen molar-refractivity contribution >= 4 is 11.8 Å². The third-order valence-electron chi connectivity index (χ3n) is 4.51. The van der Waals surface area contributed by atoms with Crippen molar-refractivity contribution in [2.75, 3.05) is 20.3 Å². The Morgan fingerprint density at radius 1 is 1.22 bits per heavy atom. The van der Waals surface area contributed by atoms with E-state index < -0.39 is 11.5 Å². The number of hydrogen-bond donors (Lipinski definition) is 2. The smallest absolute Gasteiger partial charge is 0.263 e. The van der Waals surface area contributed by atoms with Crippen LogP contribution < -0.4 is 16.2 Å². The summed E-state index contributed by atoms with van der Waals surface area (Å²) < 4.78 is 6.78. The van der Waals surface area contributed by atoms with Crippen LogP contribution in [0.15, 0.2) is 47.4 Å². The number of rotatable bonds is 5. The lowest BCUT2D eigenvalue weighted by Gasteiger charge is -2.23. The Bertz CT molecular complexity index is 871. The number of carbonyl (C=O) groups excluding carboxylic acids is 2. The fourth-order valence-corrected chi connectivity index (χ4v) is 3.08.